The normalized spacial score (nSPS) is 17.0. The molecule has 3 rings (SSSR count). The second-order valence-corrected chi connectivity index (χ2v) is 7.06. The molecule has 1 aromatic heterocycles. The third kappa shape index (κ3) is 2.62. The highest BCUT2D eigenvalue weighted by Crippen LogP contribution is 2.30. The van der Waals surface area contributed by atoms with Crippen molar-refractivity contribution in [3.05, 3.63) is 56.7 Å². The van der Waals surface area contributed by atoms with E-state index in [2.05, 4.69) is 63.3 Å². The molecule has 1 nitrogen and oxygen atoms in total. The summed E-state index contributed by atoms with van der Waals surface area (Å²) in [6.45, 7) is 3.48. The van der Waals surface area contributed by atoms with Gasteiger partial charge in [0.2, 0.25) is 0 Å². The molecule has 0 saturated carbocycles. The van der Waals surface area contributed by atoms with E-state index in [-0.39, 0.29) is 0 Å². The Hall–Kier alpha value is -0.640. The molecule has 0 bridgehead atoms. The summed E-state index contributed by atoms with van der Waals surface area (Å²) in [4.78, 5) is 3.96. The highest BCUT2D eigenvalue weighted by Gasteiger charge is 2.27. The monoisotopic (exact) mass is 307 g/mol. The summed E-state index contributed by atoms with van der Waals surface area (Å²) in [5, 5.41) is 0. The van der Waals surface area contributed by atoms with Crippen LogP contribution >= 0.6 is 27.3 Å². The molecule has 1 aliphatic rings. The summed E-state index contributed by atoms with van der Waals surface area (Å²) in [6, 6.07) is 15.2. The maximum absolute atomic E-state index is 3.51. The fraction of sp³-hybridized carbons (Fsp3) is 0.286. The van der Waals surface area contributed by atoms with Crippen LogP contribution in [0.25, 0.3) is 0 Å². The minimum absolute atomic E-state index is 0.736. The van der Waals surface area contributed by atoms with Crippen LogP contribution in [0.2, 0.25) is 0 Å². The maximum atomic E-state index is 3.51. The Morgan fingerprint density at radius 2 is 1.88 bits per heavy atom. The van der Waals surface area contributed by atoms with E-state index >= 15 is 0 Å². The number of thiophene rings is 1. The van der Waals surface area contributed by atoms with Crippen LogP contribution in [0.3, 0.4) is 0 Å². The molecule has 1 fully saturated rings. The quantitative estimate of drug-likeness (QED) is 0.825. The van der Waals surface area contributed by atoms with Crippen LogP contribution in [-0.4, -0.2) is 18.0 Å². The molecule has 0 aliphatic carbocycles. The molecule has 3 heteroatoms. The smallest absolute Gasteiger partial charge is 0.0701 e. The van der Waals surface area contributed by atoms with Gasteiger partial charge < -0.3 is 0 Å². The standard InChI is InChI=1S/C14H14BrNS/c15-14-7-6-13(17-14)10-16-8-12(9-16)11-4-2-1-3-5-11/h1-7,12H,8-10H2. The van der Waals surface area contributed by atoms with E-state index in [1.807, 2.05) is 11.3 Å². The first-order chi connectivity index (χ1) is 8.31. The highest BCUT2D eigenvalue weighted by molar-refractivity contribution is 9.11. The minimum atomic E-state index is 0.736. The van der Waals surface area contributed by atoms with Crippen LogP contribution in [0.4, 0.5) is 0 Å². The van der Waals surface area contributed by atoms with Crippen molar-refractivity contribution in [2.75, 3.05) is 13.1 Å². The summed E-state index contributed by atoms with van der Waals surface area (Å²) < 4.78 is 1.23. The first-order valence-corrected chi connectivity index (χ1v) is 7.44. The van der Waals surface area contributed by atoms with Crippen LogP contribution in [0, 0.1) is 0 Å². The van der Waals surface area contributed by atoms with E-state index in [0.717, 1.165) is 12.5 Å². The van der Waals surface area contributed by atoms with Gasteiger partial charge in [0.15, 0.2) is 0 Å². The van der Waals surface area contributed by atoms with Crippen LogP contribution < -0.4 is 0 Å². The number of halogens is 1. The van der Waals surface area contributed by atoms with Crippen molar-refractivity contribution in [2.45, 2.75) is 12.5 Å². The Morgan fingerprint density at radius 1 is 1.12 bits per heavy atom. The number of hydrogen-bond donors (Lipinski definition) is 0. The van der Waals surface area contributed by atoms with Gasteiger partial charge in [-0.15, -0.1) is 11.3 Å². The van der Waals surface area contributed by atoms with E-state index in [1.54, 1.807) is 0 Å². The van der Waals surface area contributed by atoms with Gasteiger partial charge in [-0.3, -0.25) is 4.90 Å². The molecule has 17 heavy (non-hydrogen) atoms. The van der Waals surface area contributed by atoms with Crippen molar-refractivity contribution < 1.29 is 0 Å². The van der Waals surface area contributed by atoms with Crippen LogP contribution in [0.5, 0.6) is 0 Å². The third-order valence-electron chi connectivity index (χ3n) is 3.24. The third-order valence-corrected chi connectivity index (χ3v) is 4.84. The van der Waals surface area contributed by atoms with Crippen LogP contribution in [-0.2, 0) is 6.54 Å². The number of nitrogens with zero attached hydrogens (tertiary/aromatic N) is 1. The lowest BCUT2D eigenvalue weighted by Crippen LogP contribution is -2.43. The Balaban J connectivity index is 1.55. The van der Waals surface area contributed by atoms with E-state index in [4.69, 9.17) is 0 Å². The van der Waals surface area contributed by atoms with Crippen molar-refractivity contribution in [1.82, 2.24) is 4.90 Å². The van der Waals surface area contributed by atoms with E-state index in [0.29, 0.717) is 0 Å². The number of benzene rings is 1. The van der Waals surface area contributed by atoms with Gasteiger partial charge in [-0.2, -0.15) is 0 Å². The van der Waals surface area contributed by atoms with Crippen molar-refractivity contribution in [2.24, 2.45) is 0 Å². The first kappa shape index (κ1) is 11.5. The summed E-state index contributed by atoms with van der Waals surface area (Å²) in [7, 11) is 0. The molecule has 1 saturated heterocycles. The first-order valence-electron chi connectivity index (χ1n) is 5.83. The summed E-state index contributed by atoms with van der Waals surface area (Å²) in [5.41, 5.74) is 1.48. The second kappa shape index (κ2) is 4.92. The summed E-state index contributed by atoms with van der Waals surface area (Å²) >= 11 is 5.35. The SMILES string of the molecule is Brc1ccc(CN2CC(c3ccccc3)C2)s1. The molecule has 0 N–H and O–H groups in total. The molecule has 0 spiro atoms. The van der Waals surface area contributed by atoms with Crippen LogP contribution in [0.15, 0.2) is 46.3 Å². The van der Waals surface area contributed by atoms with Crippen molar-refractivity contribution >= 4 is 27.3 Å². The van der Waals surface area contributed by atoms with Gasteiger partial charge in [-0.1, -0.05) is 30.3 Å². The lowest BCUT2D eigenvalue weighted by Gasteiger charge is -2.39. The zero-order valence-corrected chi connectivity index (χ0v) is 11.9. The average Bonchev–Trinajstić information content (AvgIpc) is 2.70. The largest absolute Gasteiger partial charge is 0.297 e. The van der Waals surface area contributed by atoms with E-state index in [1.165, 1.54) is 27.3 Å². The number of likely N-dealkylation sites (tertiary alicyclic amines) is 1. The predicted octanol–water partition coefficient (Wildman–Crippen LogP) is 4.11. The molecular weight excluding hydrogens is 294 g/mol. The van der Waals surface area contributed by atoms with Crippen molar-refractivity contribution in [3.8, 4) is 0 Å². The minimum Gasteiger partial charge on any atom is -0.297 e. The van der Waals surface area contributed by atoms with Gasteiger partial charge in [-0.25, -0.2) is 0 Å². The molecule has 0 radical (unpaired) electrons. The lowest BCUT2D eigenvalue weighted by molar-refractivity contribution is 0.141. The molecule has 1 aromatic carbocycles. The van der Waals surface area contributed by atoms with Gasteiger partial charge in [0.05, 0.1) is 3.79 Å². The molecule has 0 amide bonds. The predicted molar refractivity (Wildman–Crippen MR) is 76.5 cm³/mol. The summed E-state index contributed by atoms with van der Waals surface area (Å²) in [6.07, 6.45) is 0. The average molecular weight is 308 g/mol. The van der Waals surface area contributed by atoms with Crippen molar-refractivity contribution in [1.29, 1.82) is 0 Å². The van der Waals surface area contributed by atoms with Gasteiger partial charge in [0.25, 0.3) is 0 Å². The Morgan fingerprint density at radius 3 is 2.53 bits per heavy atom. The van der Waals surface area contributed by atoms with Gasteiger partial charge in [0, 0.05) is 30.4 Å². The zero-order chi connectivity index (χ0) is 11.7. The number of rotatable bonds is 3. The van der Waals surface area contributed by atoms with E-state index in [9.17, 15) is 0 Å². The van der Waals surface area contributed by atoms with Gasteiger partial charge in [-0.05, 0) is 33.6 Å². The lowest BCUT2D eigenvalue weighted by atomic mass is 9.91. The fourth-order valence-electron chi connectivity index (χ4n) is 2.29. The maximum Gasteiger partial charge on any atom is 0.0701 e. The van der Waals surface area contributed by atoms with Gasteiger partial charge >= 0.3 is 0 Å². The molecule has 0 atom stereocenters. The fourth-order valence-corrected chi connectivity index (χ4v) is 3.82. The highest BCUT2D eigenvalue weighted by atomic mass is 79.9. The van der Waals surface area contributed by atoms with Crippen molar-refractivity contribution in [3.63, 3.8) is 0 Å². The van der Waals surface area contributed by atoms with Gasteiger partial charge in [0.1, 0.15) is 0 Å². The molecule has 2 aromatic rings. The molecule has 88 valence electrons. The Bertz CT molecular complexity index is 488. The molecule has 0 unspecified atom stereocenters. The van der Waals surface area contributed by atoms with E-state index < -0.39 is 0 Å². The summed E-state index contributed by atoms with van der Waals surface area (Å²) in [5.74, 6) is 0.736. The second-order valence-electron chi connectivity index (χ2n) is 4.51. The topological polar surface area (TPSA) is 3.24 Å². The molecular formula is C14H14BrNS. The van der Waals surface area contributed by atoms with Crippen LogP contribution in [0.1, 0.15) is 16.4 Å². The number of hydrogen-bond acceptors (Lipinski definition) is 2. The Labute approximate surface area is 114 Å². The molecule has 2 heterocycles. The Kier molecular flexibility index (Phi) is 3.32. The molecule has 1 aliphatic heterocycles. The zero-order valence-electron chi connectivity index (χ0n) is 9.47.